The van der Waals surface area contributed by atoms with E-state index in [1.165, 1.54) is 5.56 Å². The molecule has 0 bridgehead atoms. The summed E-state index contributed by atoms with van der Waals surface area (Å²) in [7, 11) is 0. The molecule has 3 heteroatoms. The van der Waals surface area contributed by atoms with Gasteiger partial charge in [0.1, 0.15) is 0 Å². The molecule has 1 unspecified atom stereocenters. The molecule has 21 heavy (non-hydrogen) atoms. The minimum atomic E-state index is 0.305. The normalized spacial score (nSPS) is 17.9. The smallest absolute Gasteiger partial charge is 0.222 e. The first-order chi connectivity index (χ1) is 10.3. The second kappa shape index (κ2) is 8.83. The molecular weight excluding hydrogens is 262 g/mol. The molecule has 116 valence electrons. The molecule has 0 aliphatic carbocycles. The number of aryl methyl sites for hydroxylation is 1. The highest BCUT2D eigenvalue weighted by molar-refractivity contribution is 5.76. The highest BCUT2D eigenvalue weighted by Crippen LogP contribution is 2.15. The number of ether oxygens (including phenoxy) is 1. The number of carbonyl (C=O) groups is 1. The Hall–Kier alpha value is -1.35. The number of benzene rings is 1. The fraction of sp³-hybridized carbons (Fsp3) is 0.611. The summed E-state index contributed by atoms with van der Waals surface area (Å²) in [6.07, 6.45) is 4.70. The zero-order valence-electron chi connectivity index (χ0n) is 13.1. The van der Waals surface area contributed by atoms with Crippen LogP contribution in [0.3, 0.4) is 0 Å². The van der Waals surface area contributed by atoms with Crippen molar-refractivity contribution in [2.24, 2.45) is 5.92 Å². The Morgan fingerprint density at radius 3 is 2.81 bits per heavy atom. The highest BCUT2D eigenvalue weighted by atomic mass is 16.5. The summed E-state index contributed by atoms with van der Waals surface area (Å²) >= 11 is 0. The Morgan fingerprint density at radius 2 is 2.14 bits per heavy atom. The average Bonchev–Trinajstić information content (AvgIpc) is 3.01. The quantitative estimate of drug-likeness (QED) is 0.735. The van der Waals surface area contributed by atoms with Crippen LogP contribution in [0.5, 0.6) is 0 Å². The van der Waals surface area contributed by atoms with E-state index >= 15 is 0 Å². The monoisotopic (exact) mass is 289 g/mol. The van der Waals surface area contributed by atoms with Crippen LogP contribution in [0.4, 0.5) is 0 Å². The second-order valence-electron chi connectivity index (χ2n) is 5.91. The van der Waals surface area contributed by atoms with E-state index in [2.05, 4.69) is 31.2 Å². The van der Waals surface area contributed by atoms with Gasteiger partial charge >= 0.3 is 0 Å². The van der Waals surface area contributed by atoms with E-state index < -0.39 is 0 Å². The van der Waals surface area contributed by atoms with Gasteiger partial charge < -0.3 is 9.64 Å². The van der Waals surface area contributed by atoms with Gasteiger partial charge in [0.05, 0.1) is 6.61 Å². The molecule has 2 rings (SSSR count). The predicted molar refractivity (Wildman–Crippen MR) is 85.2 cm³/mol. The SMILES string of the molecule is CCCN(CC1CCOC1)C(=O)CCCc1ccccc1. The molecule has 1 fully saturated rings. The van der Waals surface area contributed by atoms with Crippen LogP contribution in [0.25, 0.3) is 0 Å². The molecule has 1 amide bonds. The Morgan fingerprint density at radius 1 is 1.33 bits per heavy atom. The maximum absolute atomic E-state index is 12.4. The largest absolute Gasteiger partial charge is 0.381 e. The molecule has 0 N–H and O–H groups in total. The predicted octanol–water partition coefficient (Wildman–Crippen LogP) is 3.28. The van der Waals surface area contributed by atoms with Gasteiger partial charge in [-0.3, -0.25) is 4.79 Å². The average molecular weight is 289 g/mol. The number of hydrogen-bond acceptors (Lipinski definition) is 2. The maximum Gasteiger partial charge on any atom is 0.222 e. The molecule has 0 saturated carbocycles. The lowest BCUT2D eigenvalue weighted by Crippen LogP contribution is -2.36. The van der Waals surface area contributed by atoms with Crippen LogP contribution in [-0.4, -0.2) is 37.1 Å². The Labute approximate surface area is 128 Å². The molecule has 0 aromatic heterocycles. The van der Waals surface area contributed by atoms with Crippen molar-refractivity contribution in [2.75, 3.05) is 26.3 Å². The van der Waals surface area contributed by atoms with E-state index in [1.54, 1.807) is 0 Å². The van der Waals surface area contributed by atoms with Crippen molar-refractivity contribution >= 4 is 5.91 Å². The maximum atomic E-state index is 12.4. The minimum Gasteiger partial charge on any atom is -0.381 e. The van der Waals surface area contributed by atoms with Crippen molar-refractivity contribution in [3.8, 4) is 0 Å². The number of amides is 1. The molecule has 0 spiro atoms. The number of nitrogens with zero attached hydrogens (tertiary/aromatic N) is 1. The van der Waals surface area contributed by atoms with Gasteiger partial charge in [-0.05, 0) is 31.2 Å². The summed E-state index contributed by atoms with van der Waals surface area (Å²) in [6.45, 7) is 5.55. The van der Waals surface area contributed by atoms with Gasteiger partial charge in [-0.2, -0.15) is 0 Å². The van der Waals surface area contributed by atoms with E-state index in [0.29, 0.717) is 18.2 Å². The van der Waals surface area contributed by atoms with Crippen LogP contribution >= 0.6 is 0 Å². The van der Waals surface area contributed by atoms with Gasteiger partial charge in [-0.1, -0.05) is 37.3 Å². The standard InChI is InChI=1S/C18H27NO2/c1-2-12-19(14-17-11-13-21-15-17)18(20)10-6-9-16-7-4-3-5-8-16/h3-5,7-8,17H,2,6,9-15H2,1H3. The van der Waals surface area contributed by atoms with Crippen LogP contribution < -0.4 is 0 Å². The molecule has 0 radical (unpaired) electrons. The summed E-state index contributed by atoms with van der Waals surface area (Å²) in [5.41, 5.74) is 1.32. The highest BCUT2D eigenvalue weighted by Gasteiger charge is 2.21. The summed E-state index contributed by atoms with van der Waals surface area (Å²) in [6, 6.07) is 10.4. The van der Waals surface area contributed by atoms with Crippen molar-refractivity contribution in [1.82, 2.24) is 4.90 Å². The van der Waals surface area contributed by atoms with Crippen LogP contribution in [0.2, 0.25) is 0 Å². The van der Waals surface area contributed by atoms with Gasteiger partial charge in [0.15, 0.2) is 0 Å². The summed E-state index contributed by atoms with van der Waals surface area (Å²) in [4.78, 5) is 14.4. The molecular formula is C18H27NO2. The van der Waals surface area contributed by atoms with E-state index in [-0.39, 0.29) is 0 Å². The van der Waals surface area contributed by atoms with Gasteiger partial charge in [-0.25, -0.2) is 0 Å². The second-order valence-corrected chi connectivity index (χ2v) is 5.91. The molecule has 1 aliphatic heterocycles. The molecule has 1 aromatic carbocycles. The van der Waals surface area contributed by atoms with E-state index in [1.807, 2.05) is 11.0 Å². The van der Waals surface area contributed by atoms with Crippen molar-refractivity contribution in [3.63, 3.8) is 0 Å². The Kier molecular flexibility index (Phi) is 6.74. The fourth-order valence-electron chi connectivity index (χ4n) is 2.87. The van der Waals surface area contributed by atoms with E-state index in [0.717, 1.165) is 52.0 Å². The summed E-state index contributed by atoms with van der Waals surface area (Å²) in [5, 5.41) is 0. The third kappa shape index (κ3) is 5.50. The number of carbonyl (C=O) groups excluding carboxylic acids is 1. The first kappa shape index (κ1) is 16.0. The molecule has 1 atom stereocenters. The Bertz CT molecular complexity index is 412. The summed E-state index contributed by atoms with van der Waals surface area (Å²) in [5.74, 6) is 0.842. The van der Waals surface area contributed by atoms with Gasteiger partial charge in [0.25, 0.3) is 0 Å². The lowest BCUT2D eigenvalue weighted by molar-refractivity contribution is -0.132. The fourth-order valence-corrected chi connectivity index (χ4v) is 2.87. The molecule has 1 saturated heterocycles. The first-order valence-corrected chi connectivity index (χ1v) is 8.19. The zero-order chi connectivity index (χ0) is 14.9. The number of hydrogen-bond donors (Lipinski definition) is 0. The molecule has 1 heterocycles. The van der Waals surface area contributed by atoms with Crippen molar-refractivity contribution < 1.29 is 9.53 Å². The van der Waals surface area contributed by atoms with Crippen LogP contribution in [0.15, 0.2) is 30.3 Å². The van der Waals surface area contributed by atoms with Crippen LogP contribution in [0.1, 0.15) is 38.2 Å². The van der Waals surface area contributed by atoms with E-state index in [9.17, 15) is 4.79 Å². The third-order valence-corrected chi connectivity index (χ3v) is 4.05. The lowest BCUT2D eigenvalue weighted by atomic mass is 10.1. The van der Waals surface area contributed by atoms with Crippen molar-refractivity contribution in [1.29, 1.82) is 0 Å². The van der Waals surface area contributed by atoms with Gasteiger partial charge in [0.2, 0.25) is 5.91 Å². The summed E-state index contributed by atoms with van der Waals surface area (Å²) < 4.78 is 5.42. The Balaban J connectivity index is 1.75. The minimum absolute atomic E-state index is 0.305. The molecule has 3 nitrogen and oxygen atoms in total. The first-order valence-electron chi connectivity index (χ1n) is 8.19. The zero-order valence-corrected chi connectivity index (χ0v) is 13.1. The molecule has 1 aromatic rings. The number of rotatable bonds is 8. The topological polar surface area (TPSA) is 29.5 Å². The van der Waals surface area contributed by atoms with Crippen molar-refractivity contribution in [3.05, 3.63) is 35.9 Å². The lowest BCUT2D eigenvalue weighted by Gasteiger charge is -2.25. The van der Waals surface area contributed by atoms with Crippen molar-refractivity contribution in [2.45, 2.75) is 39.0 Å². The van der Waals surface area contributed by atoms with Crippen LogP contribution in [-0.2, 0) is 16.0 Å². The van der Waals surface area contributed by atoms with Crippen LogP contribution in [0, 0.1) is 5.92 Å². The molecule has 1 aliphatic rings. The van der Waals surface area contributed by atoms with Gasteiger partial charge in [-0.15, -0.1) is 0 Å². The van der Waals surface area contributed by atoms with E-state index in [4.69, 9.17) is 4.74 Å². The third-order valence-electron chi connectivity index (χ3n) is 4.05. The van der Waals surface area contributed by atoms with Gasteiger partial charge in [0, 0.05) is 32.0 Å².